The van der Waals surface area contributed by atoms with Crippen molar-refractivity contribution in [3.63, 3.8) is 0 Å². The van der Waals surface area contributed by atoms with Crippen LogP contribution in [0.1, 0.15) is 37.8 Å². The van der Waals surface area contributed by atoms with Gasteiger partial charge in [0.2, 0.25) is 11.7 Å². The molecular weight excluding hydrogens is 298 g/mol. The Morgan fingerprint density at radius 1 is 1.30 bits per heavy atom. The van der Waals surface area contributed by atoms with Crippen molar-refractivity contribution in [3.8, 4) is 17.5 Å². The summed E-state index contributed by atoms with van der Waals surface area (Å²) >= 11 is 0. The first-order valence-electron chi connectivity index (χ1n) is 7.73. The maximum atomic E-state index is 12.7. The van der Waals surface area contributed by atoms with Gasteiger partial charge >= 0.3 is 5.69 Å². The number of rotatable bonds is 3. The summed E-state index contributed by atoms with van der Waals surface area (Å²) in [5.41, 5.74) is -0.0232. The highest BCUT2D eigenvalue weighted by atomic mass is 16.5. The maximum Gasteiger partial charge on any atom is 0.332 e. The molecule has 0 aliphatic carbocycles. The van der Waals surface area contributed by atoms with Gasteiger partial charge in [0.25, 0.3) is 5.56 Å². The van der Waals surface area contributed by atoms with Crippen molar-refractivity contribution in [1.82, 2.24) is 19.3 Å². The predicted octanol–water partition coefficient (Wildman–Crippen LogP) is 0.872. The fourth-order valence-corrected chi connectivity index (χ4v) is 2.91. The summed E-state index contributed by atoms with van der Waals surface area (Å²) < 4.78 is 7.65. The van der Waals surface area contributed by atoms with Crippen molar-refractivity contribution < 1.29 is 4.52 Å². The second kappa shape index (κ2) is 6.20. The molecule has 120 valence electrons. The molecule has 0 atom stereocenters. The van der Waals surface area contributed by atoms with Gasteiger partial charge in [-0.3, -0.25) is 9.36 Å². The lowest BCUT2D eigenvalue weighted by Gasteiger charge is -2.14. The van der Waals surface area contributed by atoms with Crippen LogP contribution in [-0.4, -0.2) is 19.3 Å². The van der Waals surface area contributed by atoms with E-state index in [0.29, 0.717) is 31.0 Å². The topological polar surface area (TPSA) is 107 Å². The molecule has 0 fully saturated rings. The quantitative estimate of drug-likeness (QED) is 0.832. The van der Waals surface area contributed by atoms with Crippen LogP contribution in [0.15, 0.2) is 14.1 Å². The van der Waals surface area contributed by atoms with Crippen LogP contribution in [-0.2, 0) is 25.9 Å². The zero-order valence-corrected chi connectivity index (χ0v) is 12.9. The number of aromatic nitrogens is 4. The van der Waals surface area contributed by atoms with Gasteiger partial charge in [0.15, 0.2) is 0 Å². The van der Waals surface area contributed by atoms with Gasteiger partial charge in [-0.15, -0.1) is 0 Å². The number of nitrogens with zero attached hydrogens (tertiary/aromatic N) is 5. The minimum Gasteiger partial charge on any atom is -0.339 e. The Hall–Kier alpha value is -2.69. The van der Waals surface area contributed by atoms with Gasteiger partial charge < -0.3 is 4.52 Å². The Morgan fingerprint density at radius 3 is 2.83 bits per heavy atom. The van der Waals surface area contributed by atoms with Crippen LogP contribution in [0.4, 0.5) is 0 Å². The Bertz CT molecular complexity index is 884. The highest BCUT2D eigenvalue weighted by Gasteiger charge is 2.24. The fraction of sp³-hybridized carbons (Fsp3) is 0.533. The smallest absolute Gasteiger partial charge is 0.332 e. The molecule has 1 aliphatic heterocycles. The van der Waals surface area contributed by atoms with Gasteiger partial charge in [0.1, 0.15) is 12.1 Å². The molecule has 3 heterocycles. The van der Waals surface area contributed by atoms with E-state index in [1.165, 1.54) is 0 Å². The van der Waals surface area contributed by atoms with Gasteiger partial charge in [0.05, 0.1) is 6.07 Å². The lowest BCUT2D eigenvalue weighted by Crippen LogP contribution is -2.42. The van der Waals surface area contributed by atoms with Gasteiger partial charge in [-0.25, -0.2) is 9.36 Å². The summed E-state index contributed by atoms with van der Waals surface area (Å²) in [7, 11) is 0. The van der Waals surface area contributed by atoms with Crippen LogP contribution < -0.4 is 11.2 Å². The summed E-state index contributed by atoms with van der Waals surface area (Å²) in [6.07, 6.45) is 3.92. The first kappa shape index (κ1) is 15.2. The molecule has 8 nitrogen and oxygen atoms in total. The highest BCUT2D eigenvalue weighted by molar-refractivity contribution is 5.56. The SMILES string of the molecule is CCc1nc(-c2c3n(c(=O)n(CC#N)c2=O)CCCCC3)no1. The number of aryl methyl sites for hydroxylation is 1. The Balaban J connectivity index is 2.32. The number of nitriles is 1. The highest BCUT2D eigenvalue weighted by Crippen LogP contribution is 2.21. The van der Waals surface area contributed by atoms with Crippen molar-refractivity contribution in [2.24, 2.45) is 0 Å². The van der Waals surface area contributed by atoms with E-state index in [2.05, 4.69) is 10.1 Å². The van der Waals surface area contributed by atoms with E-state index in [0.717, 1.165) is 23.8 Å². The van der Waals surface area contributed by atoms with Gasteiger partial charge in [-0.2, -0.15) is 10.2 Å². The predicted molar refractivity (Wildman–Crippen MR) is 80.8 cm³/mol. The second-order valence-electron chi connectivity index (χ2n) is 5.48. The summed E-state index contributed by atoms with van der Waals surface area (Å²) in [6.45, 7) is 2.12. The van der Waals surface area contributed by atoms with Crippen LogP contribution in [0.5, 0.6) is 0 Å². The normalized spacial score (nSPS) is 14.1. The number of hydrogen-bond acceptors (Lipinski definition) is 6. The van der Waals surface area contributed by atoms with Crippen LogP contribution in [0.2, 0.25) is 0 Å². The lowest BCUT2D eigenvalue weighted by atomic mass is 10.1. The molecule has 0 spiro atoms. The van der Waals surface area contributed by atoms with E-state index in [4.69, 9.17) is 9.78 Å². The minimum atomic E-state index is -0.520. The molecule has 0 aromatic carbocycles. The summed E-state index contributed by atoms with van der Waals surface area (Å²) in [5, 5.41) is 12.8. The fourth-order valence-electron chi connectivity index (χ4n) is 2.91. The van der Waals surface area contributed by atoms with Gasteiger partial charge in [-0.05, 0) is 19.3 Å². The zero-order chi connectivity index (χ0) is 16.4. The molecule has 2 aromatic heterocycles. The molecule has 0 amide bonds. The Morgan fingerprint density at radius 2 is 2.13 bits per heavy atom. The van der Waals surface area contributed by atoms with Crippen LogP contribution in [0.3, 0.4) is 0 Å². The lowest BCUT2D eigenvalue weighted by molar-refractivity contribution is 0.382. The number of hydrogen-bond donors (Lipinski definition) is 0. The Labute approximate surface area is 132 Å². The minimum absolute atomic E-state index is 0.198. The summed E-state index contributed by atoms with van der Waals surface area (Å²) in [6, 6.07) is 1.87. The molecule has 0 unspecified atom stereocenters. The van der Waals surface area contributed by atoms with Gasteiger partial charge in [0, 0.05) is 18.7 Å². The van der Waals surface area contributed by atoms with Crippen molar-refractivity contribution in [2.75, 3.05) is 0 Å². The molecule has 23 heavy (non-hydrogen) atoms. The zero-order valence-electron chi connectivity index (χ0n) is 12.9. The largest absolute Gasteiger partial charge is 0.339 e. The molecule has 0 saturated carbocycles. The summed E-state index contributed by atoms with van der Waals surface area (Å²) in [5.74, 6) is 0.633. The Kier molecular flexibility index (Phi) is 4.10. The van der Waals surface area contributed by atoms with Crippen LogP contribution in [0, 0.1) is 11.3 Å². The van der Waals surface area contributed by atoms with Crippen LogP contribution >= 0.6 is 0 Å². The third-order valence-corrected chi connectivity index (χ3v) is 4.05. The monoisotopic (exact) mass is 315 g/mol. The molecule has 0 bridgehead atoms. The van der Waals surface area contributed by atoms with Gasteiger partial charge in [-0.1, -0.05) is 18.5 Å². The molecular formula is C15H17N5O3. The summed E-state index contributed by atoms with van der Waals surface area (Å²) in [4.78, 5) is 29.5. The molecule has 0 radical (unpaired) electrons. The first-order valence-corrected chi connectivity index (χ1v) is 7.73. The third-order valence-electron chi connectivity index (χ3n) is 4.05. The molecule has 8 heteroatoms. The first-order chi connectivity index (χ1) is 11.2. The van der Waals surface area contributed by atoms with Crippen molar-refractivity contribution in [3.05, 3.63) is 32.4 Å². The number of fused-ring (bicyclic) bond motifs is 1. The van der Waals surface area contributed by atoms with E-state index in [9.17, 15) is 9.59 Å². The van der Waals surface area contributed by atoms with Crippen molar-refractivity contribution >= 4 is 0 Å². The van der Waals surface area contributed by atoms with E-state index < -0.39 is 11.2 Å². The molecule has 2 aromatic rings. The average Bonchev–Trinajstić information content (AvgIpc) is 2.88. The standard InChI is InChI=1S/C15H17N5O3/c1-2-11-17-13(18-23-11)12-10-6-4-3-5-8-19(10)15(22)20(9-7-16)14(12)21/h2-6,8-9H2,1H3. The molecule has 0 N–H and O–H groups in total. The van der Waals surface area contributed by atoms with E-state index >= 15 is 0 Å². The molecule has 3 rings (SSSR count). The second-order valence-corrected chi connectivity index (χ2v) is 5.48. The van der Waals surface area contributed by atoms with E-state index in [-0.39, 0.29) is 17.9 Å². The third kappa shape index (κ3) is 2.59. The molecule has 1 aliphatic rings. The molecule has 0 saturated heterocycles. The maximum absolute atomic E-state index is 12.7. The van der Waals surface area contributed by atoms with Crippen molar-refractivity contribution in [1.29, 1.82) is 5.26 Å². The average molecular weight is 315 g/mol. The van der Waals surface area contributed by atoms with Crippen molar-refractivity contribution in [2.45, 2.75) is 52.1 Å². The van der Waals surface area contributed by atoms with E-state index in [1.807, 2.05) is 13.0 Å². The van der Waals surface area contributed by atoms with Crippen LogP contribution in [0.25, 0.3) is 11.4 Å². The van der Waals surface area contributed by atoms with E-state index in [1.54, 1.807) is 4.57 Å².